The SMILES string of the molecule is COC(=O)CC(C)Sc1ncc(Cl)cc1F. The molecule has 1 rings (SSSR count). The van der Waals surface area contributed by atoms with Crippen molar-refractivity contribution in [2.75, 3.05) is 7.11 Å². The molecule has 88 valence electrons. The van der Waals surface area contributed by atoms with E-state index in [1.807, 2.05) is 0 Å². The largest absolute Gasteiger partial charge is 0.469 e. The van der Waals surface area contributed by atoms with Crippen LogP contribution >= 0.6 is 23.4 Å². The highest BCUT2D eigenvalue weighted by Crippen LogP contribution is 2.27. The Balaban J connectivity index is 2.62. The molecule has 1 aromatic heterocycles. The predicted molar refractivity (Wildman–Crippen MR) is 61.2 cm³/mol. The number of carbonyl (C=O) groups excluding carboxylic acids is 1. The van der Waals surface area contributed by atoms with Crippen molar-refractivity contribution in [2.45, 2.75) is 23.6 Å². The van der Waals surface area contributed by atoms with Gasteiger partial charge in [0, 0.05) is 11.4 Å². The van der Waals surface area contributed by atoms with Gasteiger partial charge >= 0.3 is 5.97 Å². The van der Waals surface area contributed by atoms with E-state index in [0.717, 1.165) is 0 Å². The smallest absolute Gasteiger partial charge is 0.306 e. The van der Waals surface area contributed by atoms with Crippen LogP contribution < -0.4 is 0 Å². The number of hydrogen-bond donors (Lipinski definition) is 0. The highest BCUT2D eigenvalue weighted by atomic mass is 35.5. The topological polar surface area (TPSA) is 39.2 Å². The minimum absolute atomic E-state index is 0.101. The van der Waals surface area contributed by atoms with E-state index in [0.29, 0.717) is 0 Å². The fraction of sp³-hybridized carbons (Fsp3) is 0.400. The average molecular weight is 264 g/mol. The third-order valence-corrected chi connectivity index (χ3v) is 3.07. The van der Waals surface area contributed by atoms with Crippen molar-refractivity contribution < 1.29 is 13.9 Å². The number of ether oxygens (including phenoxy) is 1. The van der Waals surface area contributed by atoms with Crippen LogP contribution in [0, 0.1) is 5.82 Å². The molecule has 0 saturated carbocycles. The number of nitrogens with zero attached hydrogens (tertiary/aromatic N) is 1. The van der Waals surface area contributed by atoms with Crippen molar-refractivity contribution in [1.82, 2.24) is 4.98 Å². The Morgan fingerprint density at radius 3 is 3.00 bits per heavy atom. The van der Waals surface area contributed by atoms with Gasteiger partial charge < -0.3 is 4.74 Å². The Hall–Kier alpha value is -0.810. The van der Waals surface area contributed by atoms with E-state index in [9.17, 15) is 9.18 Å². The van der Waals surface area contributed by atoms with Crippen LogP contribution in [0.15, 0.2) is 17.3 Å². The van der Waals surface area contributed by atoms with Gasteiger partial charge in [0.15, 0.2) is 5.82 Å². The van der Waals surface area contributed by atoms with Crippen molar-refractivity contribution in [3.63, 3.8) is 0 Å². The predicted octanol–water partition coefficient (Wildman–Crippen LogP) is 2.92. The summed E-state index contributed by atoms with van der Waals surface area (Å²) in [5.41, 5.74) is 0. The maximum Gasteiger partial charge on any atom is 0.306 e. The van der Waals surface area contributed by atoms with Crippen LogP contribution in [-0.2, 0) is 9.53 Å². The number of hydrogen-bond acceptors (Lipinski definition) is 4. The molecule has 0 aliphatic rings. The van der Waals surface area contributed by atoms with Crippen LogP contribution in [0.5, 0.6) is 0 Å². The molecule has 1 aromatic rings. The van der Waals surface area contributed by atoms with E-state index in [1.54, 1.807) is 6.92 Å². The number of aromatic nitrogens is 1. The standard InChI is InChI=1S/C10H11ClFNO2S/c1-6(3-9(14)15-2)16-10-8(12)4-7(11)5-13-10/h4-6H,3H2,1-2H3. The molecule has 6 heteroatoms. The Labute approximate surface area is 102 Å². The zero-order valence-electron chi connectivity index (χ0n) is 8.87. The van der Waals surface area contributed by atoms with Crippen molar-refractivity contribution in [3.8, 4) is 0 Å². The van der Waals surface area contributed by atoms with Crippen molar-refractivity contribution in [1.29, 1.82) is 0 Å². The van der Waals surface area contributed by atoms with E-state index >= 15 is 0 Å². The molecule has 0 aliphatic carbocycles. The third kappa shape index (κ3) is 3.98. The number of methoxy groups -OCH3 is 1. The molecular formula is C10H11ClFNO2S. The summed E-state index contributed by atoms with van der Waals surface area (Å²) in [5.74, 6) is -0.802. The molecule has 0 fully saturated rings. The minimum atomic E-state index is -0.478. The van der Waals surface area contributed by atoms with E-state index < -0.39 is 5.82 Å². The third-order valence-electron chi connectivity index (χ3n) is 1.77. The molecular weight excluding hydrogens is 253 g/mol. The van der Waals surface area contributed by atoms with Crippen LogP contribution in [0.3, 0.4) is 0 Å². The van der Waals surface area contributed by atoms with Gasteiger partial charge in [-0.15, -0.1) is 0 Å². The van der Waals surface area contributed by atoms with Gasteiger partial charge in [-0.05, 0) is 6.07 Å². The second kappa shape index (κ2) is 6.06. The molecule has 1 unspecified atom stereocenters. The molecule has 0 amide bonds. The average Bonchev–Trinajstić information content (AvgIpc) is 2.22. The first-order valence-electron chi connectivity index (χ1n) is 4.57. The Morgan fingerprint density at radius 1 is 1.75 bits per heavy atom. The van der Waals surface area contributed by atoms with E-state index in [-0.39, 0.29) is 27.7 Å². The van der Waals surface area contributed by atoms with E-state index in [2.05, 4.69) is 9.72 Å². The summed E-state index contributed by atoms with van der Waals surface area (Å²) < 4.78 is 17.9. The first-order valence-corrected chi connectivity index (χ1v) is 5.83. The number of thioether (sulfide) groups is 1. The van der Waals surface area contributed by atoms with Crippen molar-refractivity contribution >= 4 is 29.3 Å². The van der Waals surface area contributed by atoms with Gasteiger partial charge in [-0.25, -0.2) is 9.37 Å². The zero-order valence-corrected chi connectivity index (χ0v) is 10.4. The minimum Gasteiger partial charge on any atom is -0.469 e. The van der Waals surface area contributed by atoms with E-state index in [4.69, 9.17) is 11.6 Å². The molecule has 1 atom stereocenters. The summed E-state index contributed by atoms with van der Waals surface area (Å²) in [6, 6.07) is 1.20. The Kier molecular flexibility index (Phi) is 5.02. The van der Waals surface area contributed by atoms with Gasteiger partial charge in [-0.2, -0.15) is 0 Å². The van der Waals surface area contributed by atoms with Crippen LogP contribution in [0.2, 0.25) is 5.02 Å². The summed E-state index contributed by atoms with van der Waals surface area (Å²) in [7, 11) is 1.32. The molecule has 0 aliphatic heterocycles. The number of halogens is 2. The maximum atomic E-state index is 13.3. The van der Waals surface area contributed by atoms with Crippen LogP contribution in [-0.4, -0.2) is 23.3 Å². The normalized spacial score (nSPS) is 12.2. The van der Waals surface area contributed by atoms with Crippen LogP contribution in [0.1, 0.15) is 13.3 Å². The fourth-order valence-electron chi connectivity index (χ4n) is 1.04. The fourth-order valence-corrected chi connectivity index (χ4v) is 2.07. The highest BCUT2D eigenvalue weighted by Gasteiger charge is 2.14. The summed E-state index contributed by atoms with van der Waals surface area (Å²) in [6.07, 6.45) is 1.59. The highest BCUT2D eigenvalue weighted by molar-refractivity contribution is 7.99. The molecule has 0 N–H and O–H groups in total. The summed E-state index contributed by atoms with van der Waals surface area (Å²) >= 11 is 6.75. The number of pyridine rings is 1. The first kappa shape index (κ1) is 13.3. The molecule has 1 heterocycles. The van der Waals surface area contributed by atoms with Crippen LogP contribution in [0.4, 0.5) is 4.39 Å². The van der Waals surface area contributed by atoms with Gasteiger partial charge in [0.2, 0.25) is 0 Å². The van der Waals surface area contributed by atoms with Crippen molar-refractivity contribution in [2.24, 2.45) is 0 Å². The Bertz CT molecular complexity index is 389. The molecule has 0 aromatic carbocycles. The Morgan fingerprint density at radius 2 is 2.44 bits per heavy atom. The monoisotopic (exact) mass is 263 g/mol. The number of rotatable bonds is 4. The quantitative estimate of drug-likeness (QED) is 0.619. The lowest BCUT2D eigenvalue weighted by molar-refractivity contribution is -0.140. The molecule has 0 bridgehead atoms. The second-order valence-electron chi connectivity index (χ2n) is 3.15. The molecule has 16 heavy (non-hydrogen) atoms. The van der Waals surface area contributed by atoms with Gasteiger partial charge in [-0.1, -0.05) is 30.3 Å². The maximum absolute atomic E-state index is 13.3. The van der Waals surface area contributed by atoms with Gasteiger partial charge in [0.25, 0.3) is 0 Å². The summed E-state index contributed by atoms with van der Waals surface area (Å²) in [6.45, 7) is 1.80. The van der Waals surface area contributed by atoms with Crippen molar-refractivity contribution in [3.05, 3.63) is 23.1 Å². The molecule has 3 nitrogen and oxygen atoms in total. The number of carbonyl (C=O) groups is 1. The van der Waals surface area contributed by atoms with Gasteiger partial charge in [0.05, 0.1) is 18.6 Å². The molecule has 0 saturated heterocycles. The lowest BCUT2D eigenvalue weighted by Crippen LogP contribution is -2.09. The lowest BCUT2D eigenvalue weighted by atomic mass is 10.3. The second-order valence-corrected chi connectivity index (χ2v) is 5.01. The summed E-state index contributed by atoms with van der Waals surface area (Å²) in [5, 5.41) is 0.388. The van der Waals surface area contributed by atoms with Gasteiger partial charge in [0.1, 0.15) is 5.03 Å². The molecule has 0 radical (unpaired) electrons. The lowest BCUT2D eigenvalue weighted by Gasteiger charge is -2.09. The summed E-state index contributed by atoms with van der Waals surface area (Å²) in [4.78, 5) is 14.8. The molecule has 0 spiro atoms. The first-order chi connectivity index (χ1) is 7.52. The van der Waals surface area contributed by atoms with E-state index in [1.165, 1.54) is 31.1 Å². The zero-order chi connectivity index (χ0) is 12.1. The van der Waals surface area contributed by atoms with Gasteiger partial charge in [-0.3, -0.25) is 4.79 Å². The van der Waals surface area contributed by atoms with Crippen LogP contribution in [0.25, 0.3) is 0 Å². The number of esters is 1.